The molecule has 226 valence electrons. The van der Waals surface area contributed by atoms with Gasteiger partial charge in [-0.1, -0.05) is 58.0 Å². The van der Waals surface area contributed by atoms with Crippen LogP contribution in [0.15, 0.2) is 90.1 Å². The number of hydrogen-bond donors (Lipinski definition) is 2. The Morgan fingerprint density at radius 3 is 2.14 bits per heavy atom. The Kier molecular flexibility index (Phi) is 9.09. The van der Waals surface area contributed by atoms with E-state index >= 15 is 0 Å². The first-order chi connectivity index (χ1) is 21.2. The summed E-state index contributed by atoms with van der Waals surface area (Å²) < 4.78 is 7.73. The van der Waals surface area contributed by atoms with Crippen LogP contribution in [0.3, 0.4) is 0 Å². The van der Waals surface area contributed by atoms with Gasteiger partial charge in [0.25, 0.3) is 5.56 Å². The van der Waals surface area contributed by atoms with Crippen LogP contribution in [-0.4, -0.2) is 20.6 Å². The van der Waals surface area contributed by atoms with Gasteiger partial charge >= 0.3 is 6.03 Å². The van der Waals surface area contributed by atoms with Crippen LogP contribution in [0, 0.1) is 0 Å². The number of benzene rings is 2. The SMILES string of the molecule is CC(C)c1cccc(C(C)C)c1NC(=O)Nc1c(-c2cccc(OCc3ccncc3)c2)c2cccnc2n(C(C)C)c1=O. The van der Waals surface area contributed by atoms with Gasteiger partial charge < -0.3 is 15.4 Å². The Hall–Kier alpha value is -4.98. The number of urea groups is 1. The van der Waals surface area contributed by atoms with Crippen LogP contribution in [-0.2, 0) is 6.61 Å². The quantitative estimate of drug-likeness (QED) is 0.180. The van der Waals surface area contributed by atoms with Gasteiger partial charge in [0.05, 0.1) is 0 Å². The zero-order valence-electron chi connectivity index (χ0n) is 26.1. The number of carbonyl (C=O) groups excluding carboxylic acids is 1. The normalized spacial score (nSPS) is 11.4. The molecule has 0 radical (unpaired) electrons. The van der Waals surface area contributed by atoms with Crippen LogP contribution in [0.2, 0.25) is 0 Å². The number of para-hydroxylation sites is 1. The molecule has 0 aliphatic heterocycles. The van der Waals surface area contributed by atoms with E-state index in [2.05, 4.69) is 48.3 Å². The van der Waals surface area contributed by atoms with Crippen molar-refractivity contribution in [2.45, 2.75) is 66.0 Å². The first-order valence-electron chi connectivity index (χ1n) is 15.0. The van der Waals surface area contributed by atoms with Crippen LogP contribution >= 0.6 is 0 Å². The zero-order valence-corrected chi connectivity index (χ0v) is 26.1. The molecule has 5 rings (SSSR count). The van der Waals surface area contributed by atoms with Crippen molar-refractivity contribution in [3.05, 3.63) is 112 Å². The summed E-state index contributed by atoms with van der Waals surface area (Å²) >= 11 is 0. The van der Waals surface area contributed by atoms with E-state index in [1.54, 1.807) is 23.2 Å². The predicted molar refractivity (Wildman–Crippen MR) is 178 cm³/mol. The summed E-state index contributed by atoms with van der Waals surface area (Å²) in [6, 6.07) is 20.5. The Morgan fingerprint density at radius 2 is 1.48 bits per heavy atom. The van der Waals surface area contributed by atoms with Gasteiger partial charge in [0.2, 0.25) is 0 Å². The molecule has 0 aliphatic carbocycles. The van der Waals surface area contributed by atoms with Gasteiger partial charge in [-0.25, -0.2) is 9.78 Å². The largest absolute Gasteiger partial charge is 0.489 e. The number of rotatable bonds is 9. The minimum absolute atomic E-state index is 0.177. The maximum atomic E-state index is 14.2. The highest BCUT2D eigenvalue weighted by molar-refractivity contribution is 6.07. The molecule has 8 heteroatoms. The molecule has 0 saturated carbocycles. The lowest BCUT2D eigenvalue weighted by Gasteiger charge is -2.22. The van der Waals surface area contributed by atoms with Gasteiger partial charge in [-0.3, -0.25) is 14.3 Å². The molecule has 0 spiro atoms. The van der Waals surface area contributed by atoms with E-state index in [1.165, 1.54) is 0 Å². The van der Waals surface area contributed by atoms with Crippen LogP contribution in [0.4, 0.5) is 16.2 Å². The molecule has 44 heavy (non-hydrogen) atoms. The average molecular weight is 590 g/mol. The molecule has 3 heterocycles. The lowest BCUT2D eigenvalue weighted by atomic mass is 9.93. The van der Waals surface area contributed by atoms with Crippen LogP contribution in [0.5, 0.6) is 5.75 Å². The summed E-state index contributed by atoms with van der Waals surface area (Å²) in [6.45, 7) is 12.6. The van der Waals surface area contributed by atoms with Crippen LogP contribution < -0.4 is 20.9 Å². The third-order valence-corrected chi connectivity index (χ3v) is 7.61. The van der Waals surface area contributed by atoms with Crippen LogP contribution in [0.25, 0.3) is 22.2 Å². The van der Waals surface area contributed by atoms with E-state index in [9.17, 15) is 9.59 Å². The average Bonchev–Trinajstić information content (AvgIpc) is 3.00. The molecule has 0 saturated heterocycles. The molecule has 3 aromatic heterocycles. The van der Waals surface area contributed by atoms with Crippen molar-refractivity contribution >= 4 is 28.4 Å². The molecule has 0 unspecified atom stereocenters. The maximum absolute atomic E-state index is 14.2. The lowest BCUT2D eigenvalue weighted by molar-refractivity contribution is 0.262. The lowest BCUT2D eigenvalue weighted by Crippen LogP contribution is -2.31. The smallest absolute Gasteiger partial charge is 0.323 e. The highest BCUT2D eigenvalue weighted by Crippen LogP contribution is 2.36. The summed E-state index contributed by atoms with van der Waals surface area (Å²) in [5, 5.41) is 6.81. The number of aromatic nitrogens is 3. The predicted octanol–water partition coefficient (Wildman–Crippen LogP) is 8.51. The van der Waals surface area contributed by atoms with Gasteiger partial charge in [0, 0.05) is 41.3 Å². The standard InChI is InChI=1S/C36H39N5O3/c1-22(2)28-12-8-13-29(23(3)4)32(28)39-36(43)40-33-31(30-14-9-17-38-34(30)41(24(5)6)35(33)42)26-10-7-11-27(20-26)44-21-25-15-18-37-19-16-25/h7-20,22-24H,21H2,1-6H3,(H2,39,40,43). The fraction of sp³-hybridized carbons (Fsp3) is 0.278. The first kappa shape index (κ1) is 30.5. The summed E-state index contributed by atoms with van der Waals surface area (Å²) in [5.74, 6) is 1.02. The Labute approximate surface area is 258 Å². The number of carbonyl (C=O) groups is 1. The third-order valence-electron chi connectivity index (χ3n) is 7.61. The fourth-order valence-electron chi connectivity index (χ4n) is 5.48. The number of amides is 2. The van der Waals surface area contributed by atoms with E-state index in [1.807, 2.05) is 80.6 Å². The molecule has 0 bridgehead atoms. The number of fused-ring (bicyclic) bond motifs is 1. The summed E-state index contributed by atoms with van der Waals surface area (Å²) in [6.07, 6.45) is 5.13. The summed E-state index contributed by atoms with van der Waals surface area (Å²) in [4.78, 5) is 36.7. The number of nitrogens with zero attached hydrogens (tertiary/aromatic N) is 3. The molecule has 0 aliphatic rings. The number of ether oxygens (including phenoxy) is 1. The van der Waals surface area contributed by atoms with Crippen molar-refractivity contribution in [1.29, 1.82) is 0 Å². The molecule has 0 fully saturated rings. The molecular weight excluding hydrogens is 550 g/mol. The van der Waals surface area contributed by atoms with Crippen molar-refractivity contribution in [2.24, 2.45) is 0 Å². The van der Waals surface area contributed by atoms with E-state index in [0.29, 0.717) is 23.6 Å². The number of nitrogens with one attached hydrogen (secondary N) is 2. The van der Waals surface area contributed by atoms with E-state index < -0.39 is 6.03 Å². The van der Waals surface area contributed by atoms with Crippen molar-refractivity contribution in [2.75, 3.05) is 10.6 Å². The van der Waals surface area contributed by atoms with E-state index in [-0.39, 0.29) is 29.1 Å². The van der Waals surface area contributed by atoms with Gasteiger partial charge in [-0.05, 0) is 84.3 Å². The minimum atomic E-state index is -0.484. The zero-order chi connectivity index (χ0) is 31.4. The molecule has 0 atom stereocenters. The molecule has 5 aromatic rings. The monoisotopic (exact) mass is 589 g/mol. The van der Waals surface area contributed by atoms with Gasteiger partial charge in [-0.15, -0.1) is 0 Å². The van der Waals surface area contributed by atoms with Gasteiger partial charge in [-0.2, -0.15) is 0 Å². The Balaban J connectivity index is 1.62. The first-order valence-corrected chi connectivity index (χ1v) is 15.0. The third kappa shape index (κ3) is 6.34. The van der Waals surface area contributed by atoms with Crippen molar-refractivity contribution < 1.29 is 9.53 Å². The Bertz CT molecular complexity index is 1820. The van der Waals surface area contributed by atoms with Crippen molar-refractivity contribution in [1.82, 2.24) is 14.5 Å². The molecule has 2 aromatic carbocycles. The summed E-state index contributed by atoms with van der Waals surface area (Å²) in [7, 11) is 0. The summed E-state index contributed by atoms with van der Waals surface area (Å²) in [5.41, 5.74) is 5.53. The van der Waals surface area contributed by atoms with Crippen molar-refractivity contribution in [3.63, 3.8) is 0 Å². The topological polar surface area (TPSA) is 98.1 Å². The second kappa shape index (κ2) is 13.1. The highest BCUT2D eigenvalue weighted by atomic mass is 16.5. The molecule has 8 nitrogen and oxygen atoms in total. The van der Waals surface area contributed by atoms with Crippen LogP contribution in [0.1, 0.15) is 76.1 Å². The second-order valence-corrected chi connectivity index (χ2v) is 11.8. The van der Waals surface area contributed by atoms with E-state index in [4.69, 9.17) is 4.74 Å². The number of hydrogen-bond acceptors (Lipinski definition) is 5. The fourth-order valence-corrected chi connectivity index (χ4v) is 5.48. The van der Waals surface area contributed by atoms with E-state index in [0.717, 1.165) is 33.3 Å². The molecule has 2 N–H and O–H groups in total. The second-order valence-electron chi connectivity index (χ2n) is 11.8. The number of pyridine rings is 3. The van der Waals surface area contributed by atoms with Gasteiger partial charge in [0.1, 0.15) is 23.7 Å². The Morgan fingerprint density at radius 1 is 0.818 bits per heavy atom. The van der Waals surface area contributed by atoms with Crippen molar-refractivity contribution in [3.8, 4) is 16.9 Å². The van der Waals surface area contributed by atoms with Gasteiger partial charge in [0.15, 0.2) is 0 Å². The highest BCUT2D eigenvalue weighted by Gasteiger charge is 2.23. The maximum Gasteiger partial charge on any atom is 0.323 e. The minimum Gasteiger partial charge on any atom is -0.489 e. The molecular formula is C36H39N5O3. The number of anilines is 2. The molecule has 2 amide bonds.